The van der Waals surface area contributed by atoms with Crippen LogP contribution in [0.2, 0.25) is 0 Å². The summed E-state index contributed by atoms with van der Waals surface area (Å²) >= 11 is 0. The molecule has 2 atom stereocenters. The van der Waals surface area contributed by atoms with Gasteiger partial charge in [-0.15, -0.1) is 0 Å². The zero-order chi connectivity index (χ0) is 14.4. The van der Waals surface area contributed by atoms with Gasteiger partial charge in [0, 0.05) is 5.41 Å². The molecule has 0 aromatic heterocycles. The van der Waals surface area contributed by atoms with Crippen LogP contribution in [-0.2, 0) is 4.79 Å². The molecule has 1 saturated carbocycles. The summed E-state index contributed by atoms with van der Waals surface area (Å²) < 4.78 is 0. The highest BCUT2D eigenvalue weighted by Gasteiger charge is 2.52. The van der Waals surface area contributed by atoms with E-state index in [2.05, 4.69) is 27.7 Å². The summed E-state index contributed by atoms with van der Waals surface area (Å²) in [5.41, 5.74) is -0.514. The number of allylic oxidation sites excluding steroid dienone is 2. The third-order valence-corrected chi connectivity index (χ3v) is 3.93. The van der Waals surface area contributed by atoms with Crippen LogP contribution in [0.5, 0.6) is 0 Å². The van der Waals surface area contributed by atoms with E-state index in [0.29, 0.717) is 6.42 Å². The Bertz CT molecular complexity index is 291. The van der Waals surface area contributed by atoms with Crippen molar-refractivity contribution in [2.75, 3.05) is 0 Å². The van der Waals surface area contributed by atoms with Crippen molar-refractivity contribution in [2.24, 2.45) is 10.8 Å². The van der Waals surface area contributed by atoms with Gasteiger partial charge >= 0.3 is 0 Å². The molecule has 0 radical (unpaired) electrons. The molecular formula is C16H30O2. The first-order valence-electron chi connectivity index (χ1n) is 7.14. The molecule has 2 nitrogen and oxygen atoms in total. The maximum Gasteiger partial charge on any atom is 0.161 e. The summed E-state index contributed by atoms with van der Waals surface area (Å²) in [6.45, 7) is 12.4. The van der Waals surface area contributed by atoms with Crippen LogP contribution in [0.1, 0.15) is 67.2 Å². The smallest absolute Gasteiger partial charge is 0.161 e. The van der Waals surface area contributed by atoms with E-state index < -0.39 is 5.41 Å². The second-order valence-corrected chi connectivity index (χ2v) is 6.16. The number of carbonyl (C=O) groups is 1. The van der Waals surface area contributed by atoms with Crippen LogP contribution in [0, 0.1) is 10.8 Å². The Morgan fingerprint density at radius 1 is 1.22 bits per heavy atom. The highest BCUT2D eigenvalue weighted by Crippen LogP contribution is 2.53. The third-order valence-electron chi connectivity index (χ3n) is 3.93. The number of hydrogen-bond acceptors (Lipinski definition) is 2. The van der Waals surface area contributed by atoms with E-state index in [4.69, 9.17) is 0 Å². The molecule has 2 unspecified atom stereocenters. The lowest BCUT2D eigenvalue weighted by Gasteiger charge is -2.35. The molecule has 18 heavy (non-hydrogen) atoms. The van der Waals surface area contributed by atoms with Gasteiger partial charge < -0.3 is 5.11 Å². The second-order valence-electron chi connectivity index (χ2n) is 6.16. The molecule has 1 fully saturated rings. The number of ketones is 1. The highest BCUT2D eigenvalue weighted by atomic mass is 16.3. The summed E-state index contributed by atoms with van der Waals surface area (Å²) in [5, 5.41) is 9.70. The van der Waals surface area contributed by atoms with Gasteiger partial charge in [0.15, 0.2) is 5.78 Å². The molecule has 0 heterocycles. The monoisotopic (exact) mass is 254 g/mol. The zero-order valence-electron chi connectivity index (χ0n) is 12.9. The average molecular weight is 254 g/mol. The Kier molecular flexibility index (Phi) is 6.83. The number of hydrogen-bond donors (Lipinski definition) is 1. The van der Waals surface area contributed by atoms with E-state index in [1.54, 1.807) is 6.08 Å². The van der Waals surface area contributed by atoms with Crippen LogP contribution in [0.3, 0.4) is 0 Å². The van der Waals surface area contributed by atoms with Crippen molar-refractivity contribution in [3.05, 3.63) is 12.2 Å². The molecule has 0 aliphatic heterocycles. The first-order valence-corrected chi connectivity index (χ1v) is 7.14. The van der Waals surface area contributed by atoms with Crippen molar-refractivity contribution in [1.82, 2.24) is 0 Å². The van der Waals surface area contributed by atoms with Crippen LogP contribution in [0.15, 0.2) is 12.2 Å². The van der Waals surface area contributed by atoms with Gasteiger partial charge in [0.25, 0.3) is 0 Å². The molecule has 0 spiro atoms. The summed E-state index contributed by atoms with van der Waals surface area (Å²) in [4.78, 5) is 12.1. The number of rotatable bonds is 3. The fourth-order valence-electron chi connectivity index (χ4n) is 2.48. The van der Waals surface area contributed by atoms with E-state index >= 15 is 0 Å². The minimum absolute atomic E-state index is 0.110. The fraction of sp³-hybridized carbons (Fsp3) is 0.812. The maximum absolute atomic E-state index is 12.1. The maximum atomic E-state index is 12.1. The Labute approximate surface area is 112 Å². The van der Waals surface area contributed by atoms with Crippen molar-refractivity contribution < 1.29 is 9.90 Å². The van der Waals surface area contributed by atoms with E-state index in [9.17, 15) is 9.90 Å². The summed E-state index contributed by atoms with van der Waals surface area (Å²) in [7, 11) is 0. The van der Waals surface area contributed by atoms with Crippen LogP contribution >= 0.6 is 0 Å². The van der Waals surface area contributed by atoms with E-state index in [1.165, 1.54) is 6.42 Å². The molecular weight excluding hydrogens is 224 g/mol. The van der Waals surface area contributed by atoms with Crippen molar-refractivity contribution in [3.63, 3.8) is 0 Å². The summed E-state index contributed by atoms with van der Waals surface area (Å²) in [6, 6.07) is 0. The van der Waals surface area contributed by atoms with Gasteiger partial charge in [0.05, 0.1) is 6.10 Å². The molecule has 1 rings (SSSR count). The number of aliphatic hydroxyl groups is 1. The second kappa shape index (κ2) is 7.08. The molecule has 0 amide bonds. The molecule has 1 N–H and O–H groups in total. The predicted molar refractivity (Wildman–Crippen MR) is 77.5 cm³/mol. The Morgan fingerprint density at radius 2 is 1.72 bits per heavy atom. The van der Waals surface area contributed by atoms with Gasteiger partial charge in [-0.3, -0.25) is 4.79 Å². The Morgan fingerprint density at radius 3 is 2.06 bits per heavy atom. The SMILES string of the molecule is CC/C=C/C(=O)C1(C)CC(O)CC1(C)C.CCC. The molecule has 2 heteroatoms. The Balaban J connectivity index is 0.000000873. The lowest BCUT2D eigenvalue weighted by Crippen LogP contribution is -2.36. The van der Waals surface area contributed by atoms with Gasteiger partial charge in [-0.25, -0.2) is 0 Å². The van der Waals surface area contributed by atoms with Crippen LogP contribution in [0.25, 0.3) is 0 Å². The van der Waals surface area contributed by atoms with Crippen molar-refractivity contribution in [3.8, 4) is 0 Å². The molecule has 0 bridgehead atoms. The van der Waals surface area contributed by atoms with E-state index in [0.717, 1.165) is 12.8 Å². The standard InChI is InChI=1S/C13H22O2.C3H8/c1-5-6-7-11(15)13(4)9-10(14)8-12(13,2)3;1-3-2/h6-7,10,14H,5,8-9H2,1-4H3;3H2,1-2H3/b7-6+;. The van der Waals surface area contributed by atoms with Gasteiger partial charge in [-0.2, -0.15) is 0 Å². The van der Waals surface area contributed by atoms with Crippen LogP contribution in [0.4, 0.5) is 0 Å². The van der Waals surface area contributed by atoms with Crippen LogP contribution < -0.4 is 0 Å². The summed E-state index contributed by atoms with van der Waals surface area (Å²) in [6.07, 6.45) is 6.69. The topological polar surface area (TPSA) is 37.3 Å². The van der Waals surface area contributed by atoms with Gasteiger partial charge in [-0.1, -0.05) is 54.0 Å². The molecule has 0 aromatic rings. The minimum atomic E-state index is -0.405. The number of aliphatic hydroxyl groups excluding tert-OH is 1. The van der Waals surface area contributed by atoms with Gasteiger partial charge in [0.2, 0.25) is 0 Å². The van der Waals surface area contributed by atoms with E-state index in [-0.39, 0.29) is 17.3 Å². The molecule has 0 saturated heterocycles. The molecule has 1 aliphatic carbocycles. The normalized spacial score (nSPS) is 30.1. The molecule has 1 aliphatic rings. The first-order chi connectivity index (χ1) is 8.25. The van der Waals surface area contributed by atoms with Gasteiger partial charge in [-0.05, 0) is 30.8 Å². The van der Waals surface area contributed by atoms with Crippen molar-refractivity contribution >= 4 is 5.78 Å². The lowest BCUT2D eigenvalue weighted by molar-refractivity contribution is -0.127. The zero-order valence-corrected chi connectivity index (χ0v) is 12.9. The van der Waals surface area contributed by atoms with Crippen LogP contribution in [-0.4, -0.2) is 17.0 Å². The number of carbonyl (C=O) groups excluding carboxylic acids is 1. The Hall–Kier alpha value is -0.630. The largest absolute Gasteiger partial charge is 0.393 e. The van der Waals surface area contributed by atoms with E-state index in [1.807, 2.05) is 19.9 Å². The third kappa shape index (κ3) is 3.94. The highest BCUT2D eigenvalue weighted by molar-refractivity contribution is 5.95. The quantitative estimate of drug-likeness (QED) is 0.769. The summed E-state index contributed by atoms with van der Waals surface area (Å²) in [5.74, 6) is 0.158. The fourth-order valence-corrected chi connectivity index (χ4v) is 2.48. The van der Waals surface area contributed by atoms with Crippen molar-refractivity contribution in [1.29, 1.82) is 0 Å². The first kappa shape index (κ1) is 17.4. The molecule has 0 aromatic carbocycles. The average Bonchev–Trinajstić information content (AvgIpc) is 2.46. The molecule has 106 valence electrons. The predicted octanol–water partition coefficient (Wildman–Crippen LogP) is 4.13. The lowest BCUT2D eigenvalue weighted by atomic mass is 9.66. The minimum Gasteiger partial charge on any atom is -0.393 e. The van der Waals surface area contributed by atoms with Gasteiger partial charge in [0.1, 0.15) is 0 Å². The van der Waals surface area contributed by atoms with Crippen molar-refractivity contribution in [2.45, 2.75) is 73.3 Å².